The zero-order chi connectivity index (χ0) is 32.8. The average molecular weight is 659 g/mol. The maximum atomic E-state index is 10.6. The Morgan fingerprint density at radius 3 is 2.25 bits per heavy atom. The fourth-order valence-electron chi connectivity index (χ4n) is 3.58. The maximum absolute atomic E-state index is 10.6. The second-order valence-electron chi connectivity index (χ2n) is 8.23. The summed E-state index contributed by atoms with van der Waals surface area (Å²) in [6.07, 6.45) is -4.94. The molecule has 0 unspecified atom stereocenters. The number of anilines is 2. The molecule has 4 N–H and O–H groups in total. The maximum Gasteiger partial charge on any atom is 0.490 e. The van der Waals surface area contributed by atoms with Gasteiger partial charge in [-0.1, -0.05) is 18.5 Å². The summed E-state index contributed by atoms with van der Waals surface area (Å²) in [6.45, 7) is 2.06. The summed E-state index contributed by atoms with van der Waals surface area (Å²) in [6, 6.07) is 11.8. The number of hydrogen-bond acceptors (Lipinski definition) is 8. The molecule has 5 rings (SSSR count). The molecule has 0 fully saturated rings. The first-order chi connectivity index (χ1) is 20.6. The van der Waals surface area contributed by atoms with Crippen LogP contribution in [-0.4, -0.2) is 60.2 Å². The number of aromatic nitrogens is 4. The first-order valence-corrected chi connectivity index (χ1v) is 13.2. The summed E-state index contributed by atoms with van der Waals surface area (Å²) < 4.78 is 63.5. The van der Waals surface area contributed by atoms with Gasteiger partial charge in [-0.05, 0) is 36.1 Å². The highest BCUT2D eigenvalue weighted by atomic mass is 35.5. The van der Waals surface area contributed by atoms with Crippen LogP contribution in [0.5, 0.6) is 0 Å². The highest BCUT2D eigenvalue weighted by Gasteiger charge is 2.39. The monoisotopic (exact) mass is 658 g/mol. The largest absolute Gasteiger partial charge is 0.490 e. The van der Waals surface area contributed by atoms with Gasteiger partial charge in [0.15, 0.2) is 0 Å². The predicted molar refractivity (Wildman–Crippen MR) is 147 cm³/mol. The van der Waals surface area contributed by atoms with Crippen molar-refractivity contribution in [2.24, 2.45) is 0 Å². The van der Waals surface area contributed by atoms with E-state index in [1.165, 1.54) is 0 Å². The van der Waals surface area contributed by atoms with Crippen LogP contribution in [0.1, 0.15) is 12.5 Å². The van der Waals surface area contributed by atoms with E-state index < -0.39 is 24.3 Å². The van der Waals surface area contributed by atoms with Gasteiger partial charge in [-0.15, -0.1) is 11.8 Å². The molecule has 4 heterocycles. The Bertz CT molecular complexity index is 1650. The molecular weight excluding hydrogens is 642 g/mol. The molecule has 4 aromatic rings. The molecule has 1 aliphatic heterocycles. The number of benzene rings is 1. The Morgan fingerprint density at radius 2 is 1.68 bits per heavy atom. The predicted octanol–water partition coefficient (Wildman–Crippen LogP) is 7.16. The van der Waals surface area contributed by atoms with E-state index in [2.05, 4.69) is 33.3 Å². The summed E-state index contributed by atoms with van der Waals surface area (Å²) in [5.74, 6) is -3.36. The van der Waals surface area contributed by atoms with Crippen molar-refractivity contribution < 1.29 is 46.1 Å². The number of halogens is 7. The van der Waals surface area contributed by atoms with E-state index in [-0.39, 0.29) is 0 Å². The molecule has 0 atom stereocenters. The molecule has 0 amide bonds. The van der Waals surface area contributed by atoms with E-state index in [0.717, 1.165) is 38.9 Å². The summed E-state index contributed by atoms with van der Waals surface area (Å²) >= 11 is 8.27. The summed E-state index contributed by atoms with van der Waals surface area (Å²) in [5, 5.41) is 27.9. The van der Waals surface area contributed by atoms with Gasteiger partial charge in [0.25, 0.3) is 0 Å². The van der Waals surface area contributed by atoms with Crippen molar-refractivity contribution in [3.05, 3.63) is 59.5 Å². The van der Waals surface area contributed by atoms with Gasteiger partial charge in [-0.25, -0.2) is 19.6 Å². The van der Waals surface area contributed by atoms with Crippen LogP contribution in [-0.2, 0) is 9.59 Å². The van der Waals surface area contributed by atoms with E-state index in [1.807, 2.05) is 30.3 Å². The average Bonchev–Trinajstić information content (AvgIpc) is 3.32. The van der Waals surface area contributed by atoms with Crippen LogP contribution in [0.4, 0.5) is 37.8 Å². The number of alkyl halides is 6. The number of carboxylic acids is 2. The smallest absolute Gasteiger partial charge is 0.475 e. The Labute approximate surface area is 252 Å². The number of fused-ring (bicyclic) bond motifs is 5. The molecule has 0 saturated carbocycles. The molecule has 0 aliphatic carbocycles. The van der Waals surface area contributed by atoms with E-state index in [4.69, 9.17) is 36.4 Å². The third-order valence-corrected chi connectivity index (χ3v) is 6.48. The van der Waals surface area contributed by atoms with Crippen molar-refractivity contribution in [2.45, 2.75) is 24.2 Å². The Kier molecular flexibility index (Phi) is 10.4. The lowest BCUT2D eigenvalue weighted by atomic mass is 10.1. The van der Waals surface area contributed by atoms with Gasteiger partial charge in [0.1, 0.15) is 17.3 Å². The number of nitriles is 1. The van der Waals surface area contributed by atoms with Crippen LogP contribution >= 0.6 is 23.4 Å². The molecule has 3 aromatic heterocycles. The molecule has 0 spiro atoms. The SMILES string of the molecule is CCSc1cc(Cl)c(-c2nc3c([nH]2)-c2ccncc2Nc2ncccc2-3)c(C#N)c1.O=C(O)C(F)(F)F.O=C(O)C(F)(F)F. The number of aromatic amines is 1. The first-order valence-electron chi connectivity index (χ1n) is 11.8. The molecule has 44 heavy (non-hydrogen) atoms. The number of rotatable bonds is 3. The first kappa shape index (κ1) is 33.7. The van der Waals surface area contributed by atoms with Gasteiger partial charge in [0, 0.05) is 28.4 Å². The van der Waals surface area contributed by atoms with Gasteiger partial charge in [-0.3, -0.25) is 4.98 Å². The van der Waals surface area contributed by atoms with Crippen LogP contribution in [0.15, 0.2) is 53.8 Å². The standard InChI is InChI=1S/C22H15ClN6S.2C2HF3O2/c1-2-30-13-8-12(10-24)18(16(23)9-13)22-28-19-14-5-7-25-11-17(14)27-21-15(20(19)29-22)4-3-6-26-21;2*3-2(4,5)1(6)7/h3-9,11H,2H2,1H3,(H,26,27)(H,28,29);2*(H,6,7). The van der Waals surface area contributed by atoms with Crippen molar-refractivity contribution in [1.82, 2.24) is 19.9 Å². The van der Waals surface area contributed by atoms with E-state index >= 15 is 0 Å². The lowest BCUT2D eigenvalue weighted by molar-refractivity contribution is -0.193. The molecule has 230 valence electrons. The summed E-state index contributed by atoms with van der Waals surface area (Å²) in [4.78, 5) is 35.7. The lowest BCUT2D eigenvalue weighted by Crippen LogP contribution is -2.21. The molecule has 10 nitrogen and oxygen atoms in total. The third-order valence-electron chi connectivity index (χ3n) is 5.33. The van der Waals surface area contributed by atoms with Crippen LogP contribution < -0.4 is 5.32 Å². The van der Waals surface area contributed by atoms with Gasteiger partial charge < -0.3 is 20.5 Å². The Balaban J connectivity index is 0.000000317. The second-order valence-corrected chi connectivity index (χ2v) is 9.98. The number of carboxylic acid groups (broad SMARTS) is 2. The number of pyridine rings is 2. The zero-order valence-electron chi connectivity index (χ0n) is 21.9. The van der Waals surface area contributed by atoms with E-state index in [9.17, 15) is 31.6 Å². The number of aliphatic carboxylic acids is 2. The number of nitrogens with zero attached hydrogens (tertiary/aromatic N) is 4. The van der Waals surface area contributed by atoms with Crippen molar-refractivity contribution in [3.8, 4) is 40.0 Å². The van der Waals surface area contributed by atoms with Gasteiger partial charge in [0.05, 0.1) is 39.8 Å². The Hall–Kier alpha value is -4.82. The molecule has 18 heteroatoms. The minimum Gasteiger partial charge on any atom is -0.475 e. The number of nitrogens with one attached hydrogen (secondary N) is 2. The van der Waals surface area contributed by atoms with Crippen LogP contribution in [0.3, 0.4) is 0 Å². The second kappa shape index (κ2) is 13.7. The zero-order valence-corrected chi connectivity index (χ0v) is 23.5. The molecule has 0 radical (unpaired) electrons. The number of imidazole rings is 1. The van der Waals surface area contributed by atoms with Crippen LogP contribution in [0.25, 0.3) is 33.9 Å². The molecule has 1 aliphatic rings. The van der Waals surface area contributed by atoms with Crippen molar-refractivity contribution in [2.75, 3.05) is 11.1 Å². The van der Waals surface area contributed by atoms with E-state index in [0.29, 0.717) is 27.8 Å². The molecule has 1 aromatic carbocycles. The fraction of sp³-hybridized carbons (Fsp3) is 0.154. The quantitative estimate of drug-likeness (QED) is 0.115. The summed E-state index contributed by atoms with van der Waals surface area (Å²) in [7, 11) is 0. The molecular formula is C26H17ClF6N6O4S. The van der Waals surface area contributed by atoms with Gasteiger partial charge in [-0.2, -0.15) is 31.6 Å². The van der Waals surface area contributed by atoms with E-state index in [1.54, 1.807) is 30.4 Å². The fourth-order valence-corrected chi connectivity index (χ4v) is 4.69. The normalized spacial score (nSPS) is 11.4. The highest BCUT2D eigenvalue weighted by molar-refractivity contribution is 7.99. The van der Waals surface area contributed by atoms with Crippen LogP contribution in [0.2, 0.25) is 5.02 Å². The highest BCUT2D eigenvalue weighted by Crippen LogP contribution is 2.44. The number of hydrogen-bond donors (Lipinski definition) is 4. The van der Waals surface area contributed by atoms with Gasteiger partial charge >= 0.3 is 24.3 Å². The number of H-pyrrole nitrogens is 1. The molecule has 0 bridgehead atoms. The number of thioether (sulfide) groups is 1. The van der Waals surface area contributed by atoms with Crippen LogP contribution in [0, 0.1) is 11.3 Å². The number of carbonyl (C=O) groups is 2. The Morgan fingerprint density at radius 1 is 1.05 bits per heavy atom. The minimum absolute atomic E-state index is 0.488. The van der Waals surface area contributed by atoms with Crippen molar-refractivity contribution >= 4 is 46.8 Å². The summed E-state index contributed by atoms with van der Waals surface area (Å²) in [5.41, 5.74) is 5.27. The topological polar surface area (TPSA) is 165 Å². The minimum atomic E-state index is -5.08. The molecule has 0 saturated heterocycles. The van der Waals surface area contributed by atoms with Crippen molar-refractivity contribution in [1.29, 1.82) is 5.26 Å². The van der Waals surface area contributed by atoms with Gasteiger partial charge in [0.2, 0.25) is 0 Å². The van der Waals surface area contributed by atoms with Crippen molar-refractivity contribution in [3.63, 3.8) is 0 Å². The third kappa shape index (κ3) is 7.96. The lowest BCUT2D eigenvalue weighted by Gasteiger charge is -2.09.